The third-order valence-corrected chi connectivity index (χ3v) is 4.04. The lowest BCUT2D eigenvalue weighted by Crippen LogP contribution is -2.38. The Morgan fingerprint density at radius 1 is 1.25 bits per heavy atom. The first-order valence-corrected chi connectivity index (χ1v) is 7.04. The first-order chi connectivity index (χ1) is 7.49. The summed E-state index contributed by atoms with van der Waals surface area (Å²) in [4.78, 5) is 2.37. The van der Waals surface area contributed by atoms with E-state index in [4.69, 9.17) is 4.74 Å². The molecule has 0 bridgehead atoms. The number of rotatable bonds is 9. The van der Waals surface area contributed by atoms with Crippen molar-refractivity contribution >= 4 is 12.6 Å². The van der Waals surface area contributed by atoms with Gasteiger partial charge >= 0.3 is 0 Å². The van der Waals surface area contributed by atoms with Gasteiger partial charge in [0.25, 0.3) is 0 Å². The molecule has 98 valence electrons. The van der Waals surface area contributed by atoms with Crippen molar-refractivity contribution in [1.82, 2.24) is 4.90 Å². The highest BCUT2D eigenvalue weighted by Gasteiger charge is 2.25. The van der Waals surface area contributed by atoms with Gasteiger partial charge in [-0.15, -0.1) is 0 Å². The molecule has 0 saturated carbocycles. The summed E-state index contributed by atoms with van der Waals surface area (Å²) in [5.41, 5.74) is 0.371. The molecule has 0 radical (unpaired) electrons. The molecule has 0 atom stereocenters. The number of hydrogen-bond acceptors (Lipinski definition) is 3. The van der Waals surface area contributed by atoms with E-state index in [1.54, 1.807) is 0 Å². The zero-order valence-electron chi connectivity index (χ0n) is 11.6. The Bertz CT molecular complexity index is 161. The molecule has 0 aromatic rings. The van der Waals surface area contributed by atoms with Crippen LogP contribution in [0.15, 0.2) is 0 Å². The van der Waals surface area contributed by atoms with Crippen molar-refractivity contribution in [2.24, 2.45) is 5.41 Å². The first-order valence-electron chi connectivity index (χ1n) is 6.40. The molecule has 0 aliphatic rings. The molecule has 0 fully saturated rings. The summed E-state index contributed by atoms with van der Waals surface area (Å²) in [5.74, 6) is 0.968. The van der Waals surface area contributed by atoms with Gasteiger partial charge in [-0.05, 0) is 44.9 Å². The van der Waals surface area contributed by atoms with Crippen molar-refractivity contribution in [3.8, 4) is 0 Å². The van der Waals surface area contributed by atoms with E-state index in [1.807, 2.05) is 0 Å². The van der Waals surface area contributed by atoms with Gasteiger partial charge in [0, 0.05) is 13.1 Å². The van der Waals surface area contributed by atoms with E-state index in [0.29, 0.717) is 11.5 Å². The summed E-state index contributed by atoms with van der Waals surface area (Å²) in [6.07, 6.45) is 2.73. The molecule has 0 aliphatic carbocycles. The van der Waals surface area contributed by atoms with E-state index < -0.39 is 0 Å². The highest BCUT2D eigenvalue weighted by molar-refractivity contribution is 7.80. The molecular formula is C13H29NOS. The first kappa shape index (κ1) is 16.3. The van der Waals surface area contributed by atoms with Crippen molar-refractivity contribution in [2.45, 2.75) is 46.6 Å². The van der Waals surface area contributed by atoms with Crippen molar-refractivity contribution < 1.29 is 4.74 Å². The predicted molar refractivity (Wildman–Crippen MR) is 75.5 cm³/mol. The molecule has 0 N–H and O–H groups in total. The van der Waals surface area contributed by atoms with Gasteiger partial charge in [0.1, 0.15) is 0 Å². The predicted octanol–water partition coefficient (Wildman–Crippen LogP) is 3.08. The van der Waals surface area contributed by atoms with Crippen molar-refractivity contribution in [1.29, 1.82) is 0 Å². The average Bonchev–Trinajstić information content (AvgIpc) is 2.25. The second kappa shape index (κ2) is 8.37. The Morgan fingerprint density at radius 2 is 1.81 bits per heavy atom. The van der Waals surface area contributed by atoms with Crippen LogP contribution in [-0.4, -0.2) is 43.5 Å². The van der Waals surface area contributed by atoms with Gasteiger partial charge < -0.3 is 9.64 Å². The number of hydrogen-bond donors (Lipinski definition) is 1. The van der Waals surface area contributed by atoms with Crippen molar-refractivity contribution in [2.75, 3.05) is 32.5 Å². The monoisotopic (exact) mass is 247 g/mol. The average molecular weight is 247 g/mol. The normalized spacial score (nSPS) is 12.8. The van der Waals surface area contributed by atoms with E-state index in [-0.39, 0.29) is 0 Å². The molecular weight excluding hydrogens is 218 g/mol. The number of thiol groups is 1. The molecule has 0 rings (SSSR count). The largest absolute Gasteiger partial charge is 0.377 e. The molecule has 0 aromatic carbocycles. The van der Waals surface area contributed by atoms with E-state index in [0.717, 1.165) is 25.4 Å². The minimum Gasteiger partial charge on any atom is -0.377 e. The van der Waals surface area contributed by atoms with Crippen LogP contribution in [0.5, 0.6) is 0 Å². The number of ether oxygens (including phenoxy) is 1. The van der Waals surface area contributed by atoms with Crippen LogP contribution >= 0.6 is 12.6 Å². The van der Waals surface area contributed by atoms with Crippen LogP contribution in [0, 0.1) is 5.41 Å². The standard InChI is InChI=1S/C13H29NOS/c1-6-13(7-2,11-16)10-14(5)8-9-15-12(3)4/h12,16H,6-11H2,1-5H3. The molecule has 0 saturated heterocycles. The van der Waals surface area contributed by atoms with Crippen LogP contribution in [-0.2, 0) is 4.74 Å². The van der Waals surface area contributed by atoms with Gasteiger partial charge in [0.05, 0.1) is 12.7 Å². The molecule has 0 spiro atoms. The Labute approximate surface area is 107 Å². The van der Waals surface area contributed by atoms with Crippen LogP contribution in [0.25, 0.3) is 0 Å². The highest BCUT2D eigenvalue weighted by atomic mass is 32.1. The summed E-state index contributed by atoms with van der Waals surface area (Å²) in [5, 5.41) is 0. The second-order valence-electron chi connectivity index (χ2n) is 5.02. The molecule has 3 heteroatoms. The van der Waals surface area contributed by atoms with Gasteiger partial charge in [-0.3, -0.25) is 0 Å². The van der Waals surface area contributed by atoms with Gasteiger partial charge in [-0.2, -0.15) is 12.6 Å². The van der Waals surface area contributed by atoms with Gasteiger partial charge in [-0.1, -0.05) is 13.8 Å². The second-order valence-corrected chi connectivity index (χ2v) is 5.34. The van der Waals surface area contributed by atoms with Crippen LogP contribution in [0.1, 0.15) is 40.5 Å². The van der Waals surface area contributed by atoms with E-state index >= 15 is 0 Å². The summed E-state index contributed by atoms with van der Waals surface area (Å²) < 4.78 is 5.57. The van der Waals surface area contributed by atoms with E-state index in [1.165, 1.54) is 12.8 Å². The minimum atomic E-state index is 0.334. The van der Waals surface area contributed by atoms with Crippen LogP contribution in [0.4, 0.5) is 0 Å². The Hall–Kier alpha value is 0.270. The summed E-state index contributed by atoms with van der Waals surface area (Å²) in [7, 11) is 2.17. The Kier molecular flexibility index (Phi) is 8.52. The lowest BCUT2D eigenvalue weighted by molar-refractivity contribution is 0.0553. The Balaban J connectivity index is 3.95. The fourth-order valence-electron chi connectivity index (χ4n) is 1.84. The smallest absolute Gasteiger partial charge is 0.0596 e. The number of nitrogens with zero attached hydrogens (tertiary/aromatic N) is 1. The maximum absolute atomic E-state index is 5.57. The SMILES string of the molecule is CCC(CC)(CS)CN(C)CCOC(C)C. The quantitative estimate of drug-likeness (QED) is 0.629. The van der Waals surface area contributed by atoms with Crippen LogP contribution in [0.2, 0.25) is 0 Å². The van der Waals surface area contributed by atoms with Gasteiger partial charge in [-0.25, -0.2) is 0 Å². The van der Waals surface area contributed by atoms with Crippen LogP contribution < -0.4 is 0 Å². The fourth-order valence-corrected chi connectivity index (χ4v) is 2.39. The van der Waals surface area contributed by atoms with Crippen LogP contribution in [0.3, 0.4) is 0 Å². The lowest BCUT2D eigenvalue weighted by atomic mass is 9.84. The molecule has 0 aromatic heterocycles. The third kappa shape index (κ3) is 6.12. The molecule has 0 heterocycles. The molecule has 16 heavy (non-hydrogen) atoms. The lowest BCUT2D eigenvalue weighted by Gasteiger charge is -2.34. The summed E-state index contributed by atoms with van der Waals surface area (Å²) in [6.45, 7) is 11.6. The van der Waals surface area contributed by atoms with Gasteiger partial charge in [0.15, 0.2) is 0 Å². The zero-order valence-corrected chi connectivity index (χ0v) is 12.5. The van der Waals surface area contributed by atoms with Gasteiger partial charge in [0.2, 0.25) is 0 Å². The maximum Gasteiger partial charge on any atom is 0.0596 e. The minimum absolute atomic E-state index is 0.334. The number of likely N-dealkylation sites (N-methyl/N-ethyl adjacent to an activating group) is 1. The summed E-state index contributed by atoms with van der Waals surface area (Å²) >= 11 is 4.50. The topological polar surface area (TPSA) is 12.5 Å². The van der Waals surface area contributed by atoms with E-state index in [2.05, 4.69) is 52.3 Å². The molecule has 0 aliphatic heterocycles. The molecule has 0 unspecified atom stereocenters. The summed E-state index contributed by atoms with van der Waals surface area (Å²) in [6, 6.07) is 0. The highest BCUT2D eigenvalue weighted by Crippen LogP contribution is 2.28. The fraction of sp³-hybridized carbons (Fsp3) is 1.00. The Morgan fingerprint density at radius 3 is 2.19 bits per heavy atom. The molecule has 2 nitrogen and oxygen atoms in total. The molecule has 0 amide bonds. The van der Waals surface area contributed by atoms with Crippen molar-refractivity contribution in [3.63, 3.8) is 0 Å². The van der Waals surface area contributed by atoms with E-state index in [9.17, 15) is 0 Å². The third-order valence-electron chi connectivity index (χ3n) is 3.36. The van der Waals surface area contributed by atoms with Crippen molar-refractivity contribution in [3.05, 3.63) is 0 Å². The zero-order chi connectivity index (χ0) is 12.6. The maximum atomic E-state index is 5.57.